The van der Waals surface area contributed by atoms with Crippen LogP contribution in [0.25, 0.3) is 0 Å². The minimum Gasteiger partial charge on any atom is -0.325 e. The van der Waals surface area contributed by atoms with Crippen LogP contribution < -0.4 is 16.2 Å². The number of pyridine rings is 1. The van der Waals surface area contributed by atoms with Crippen molar-refractivity contribution in [1.29, 1.82) is 0 Å². The minimum absolute atomic E-state index is 0.0252. The lowest BCUT2D eigenvalue weighted by Crippen LogP contribution is -2.28. The van der Waals surface area contributed by atoms with Crippen molar-refractivity contribution in [2.75, 3.05) is 18.4 Å². The molecule has 0 aromatic carbocycles. The van der Waals surface area contributed by atoms with Crippen LogP contribution in [0.3, 0.4) is 0 Å². The van der Waals surface area contributed by atoms with E-state index in [4.69, 9.17) is 0 Å². The summed E-state index contributed by atoms with van der Waals surface area (Å²) in [7, 11) is 1.67. The van der Waals surface area contributed by atoms with E-state index in [1.54, 1.807) is 19.3 Å². The molecule has 5 heteroatoms. The van der Waals surface area contributed by atoms with Crippen LogP contribution in [-0.4, -0.2) is 23.6 Å². The normalized spacial score (nSPS) is 16.3. The molecule has 0 spiro atoms. The third kappa shape index (κ3) is 4.21. The van der Waals surface area contributed by atoms with E-state index in [-0.39, 0.29) is 11.5 Å². The largest absolute Gasteiger partial charge is 0.325 e. The van der Waals surface area contributed by atoms with Crippen molar-refractivity contribution in [3.05, 3.63) is 28.7 Å². The Balaban J connectivity index is 1.80. The topological polar surface area (TPSA) is 63.1 Å². The molecule has 1 amide bonds. The van der Waals surface area contributed by atoms with Gasteiger partial charge in [0.25, 0.3) is 0 Å². The number of hydrogen-bond donors (Lipinski definition) is 2. The van der Waals surface area contributed by atoms with Crippen LogP contribution in [0.15, 0.2) is 23.1 Å². The first-order valence-corrected chi connectivity index (χ1v) is 6.82. The Labute approximate surface area is 113 Å². The number of amides is 1. The highest BCUT2D eigenvalue weighted by Gasteiger charge is 2.14. The molecule has 2 rings (SSSR count). The maximum absolute atomic E-state index is 11.8. The average molecular weight is 263 g/mol. The molecular weight excluding hydrogens is 242 g/mol. The summed E-state index contributed by atoms with van der Waals surface area (Å²) >= 11 is 0. The summed E-state index contributed by atoms with van der Waals surface area (Å²) < 4.78 is 1.46. The summed E-state index contributed by atoms with van der Waals surface area (Å²) in [5.41, 5.74) is 0.602. The molecule has 0 saturated carbocycles. The first kappa shape index (κ1) is 13.8. The fourth-order valence-electron chi connectivity index (χ4n) is 2.40. The molecule has 1 aromatic rings. The molecule has 19 heavy (non-hydrogen) atoms. The number of carbonyl (C=O) groups excluding carboxylic acids is 1. The molecule has 104 valence electrons. The first-order valence-electron chi connectivity index (χ1n) is 6.82. The van der Waals surface area contributed by atoms with E-state index >= 15 is 0 Å². The van der Waals surface area contributed by atoms with Crippen LogP contribution in [0, 0.1) is 5.92 Å². The SMILES string of the molecule is Cn1cc(NC(=O)CCC2CCNCC2)ccc1=O. The number of nitrogens with one attached hydrogen (secondary N) is 2. The van der Waals surface area contributed by atoms with Crippen LogP contribution in [0.4, 0.5) is 5.69 Å². The Morgan fingerprint density at radius 2 is 2.16 bits per heavy atom. The second kappa shape index (κ2) is 6.52. The molecule has 0 radical (unpaired) electrons. The highest BCUT2D eigenvalue weighted by molar-refractivity contribution is 5.90. The summed E-state index contributed by atoms with van der Waals surface area (Å²) in [5.74, 6) is 0.685. The molecule has 0 aliphatic carbocycles. The van der Waals surface area contributed by atoms with Crippen LogP contribution in [0.2, 0.25) is 0 Å². The van der Waals surface area contributed by atoms with Gasteiger partial charge in [0.15, 0.2) is 0 Å². The van der Waals surface area contributed by atoms with E-state index in [0.29, 0.717) is 18.0 Å². The summed E-state index contributed by atoms with van der Waals surface area (Å²) in [6, 6.07) is 3.10. The van der Waals surface area contributed by atoms with Gasteiger partial charge in [-0.2, -0.15) is 0 Å². The molecular formula is C14H21N3O2. The summed E-state index contributed by atoms with van der Waals surface area (Å²) in [6.45, 7) is 2.13. The number of anilines is 1. The second-order valence-corrected chi connectivity index (χ2v) is 5.15. The van der Waals surface area contributed by atoms with Gasteiger partial charge in [0.1, 0.15) is 0 Å². The number of aryl methyl sites for hydroxylation is 1. The number of hydrogen-bond acceptors (Lipinski definition) is 3. The fraction of sp³-hybridized carbons (Fsp3) is 0.571. The van der Waals surface area contributed by atoms with Crippen molar-refractivity contribution in [2.24, 2.45) is 13.0 Å². The number of rotatable bonds is 4. The van der Waals surface area contributed by atoms with E-state index in [1.807, 2.05) is 0 Å². The molecule has 2 heterocycles. The zero-order valence-corrected chi connectivity index (χ0v) is 11.3. The summed E-state index contributed by atoms with van der Waals surface area (Å²) in [5, 5.41) is 6.16. The monoisotopic (exact) mass is 263 g/mol. The van der Waals surface area contributed by atoms with Gasteiger partial charge >= 0.3 is 0 Å². The van der Waals surface area contributed by atoms with Crippen LogP contribution in [0.5, 0.6) is 0 Å². The zero-order valence-electron chi connectivity index (χ0n) is 11.3. The van der Waals surface area contributed by atoms with Gasteiger partial charge in [0.05, 0.1) is 5.69 Å². The third-order valence-electron chi connectivity index (χ3n) is 3.61. The Morgan fingerprint density at radius 1 is 1.42 bits per heavy atom. The van der Waals surface area contributed by atoms with Gasteiger partial charge in [-0.25, -0.2) is 0 Å². The Kier molecular flexibility index (Phi) is 4.74. The van der Waals surface area contributed by atoms with Gasteiger partial charge < -0.3 is 15.2 Å². The van der Waals surface area contributed by atoms with E-state index in [2.05, 4.69) is 10.6 Å². The number of aromatic nitrogens is 1. The highest BCUT2D eigenvalue weighted by atomic mass is 16.1. The van der Waals surface area contributed by atoms with Crippen molar-refractivity contribution in [3.63, 3.8) is 0 Å². The second-order valence-electron chi connectivity index (χ2n) is 5.15. The molecule has 1 saturated heterocycles. The van der Waals surface area contributed by atoms with Crippen LogP contribution >= 0.6 is 0 Å². The Morgan fingerprint density at radius 3 is 2.84 bits per heavy atom. The predicted molar refractivity (Wildman–Crippen MR) is 75.1 cm³/mol. The van der Waals surface area contributed by atoms with Gasteiger partial charge in [0, 0.05) is 25.7 Å². The predicted octanol–water partition coefficient (Wildman–Crippen LogP) is 1.10. The molecule has 0 unspecified atom stereocenters. The van der Waals surface area contributed by atoms with Gasteiger partial charge in [-0.15, -0.1) is 0 Å². The highest BCUT2D eigenvalue weighted by Crippen LogP contribution is 2.18. The van der Waals surface area contributed by atoms with Crippen molar-refractivity contribution >= 4 is 11.6 Å². The molecule has 1 fully saturated rings. The standard InChI is InChI=1S/C14H21N3O2/c1-17-10-12(3-5-14(17)19)16-13(18)4-2-11-6-8-15-9-7-11/h3,5,10-11,15H,2,4,6-9H2,1H3,(H,16,18). The van der Waals surface area contributed by atoms with E-state index in [0.717, 1.165) is 32.4 Å². The van der Waals surface area contributed by atoms with Crippen LogP contribution in [0.1, 0.15) is 25.7 Å². The van der Waals surface area contributed by atoms with E-state index in [9.17, 15) is 9.59 Å². The number of nitrogens with zero attached hydrogens (tertiary/aromatic N) is 1. The van der Waals surface area contributed by atoms with Crippen molar-refractivity contribution in [3.8, 4) is 0 Å². The smallest absolute Gasteiger partial charge is 0.250 e. The lowest BCUT2D eigenvalue weighted by atomic mass is 9.93. The van der Waals surface area contributed by atoms with Gasteiger partial charge in [-0.3, -0.25) is 9.59 Å². The minimum atomic E-state index is -0.0762. The zero-order chi connectivity index (χ0) is 13.7. The van der Waals surface area contributed by atoms with Crippen molar-refractivity contribution in [1.82, 2.24) is 9.88 Å². The van der Waals surface area contributed by atoms with Crippen molar-refractivity contribution in [2.45, 2.75) is 25.7 Å². The summed E-state index contributed by atoms with van der Waals surface area (Å²) in [6.07, 6.45) is 5.46. The van der Waals surface area contributed by atoms with Crippen LogP contribution in [-0.2, 0) is 11.8 Å². The lowest BCUT2D eigenvalue weighted by Gasteiger charge is -2.22. The van der Waals surface area contributed by atoms with E-state index < -0.39 is 0 Å². The first-order chi connectivity index (χ1) is 9.15. The number of piperidine rings is 1. The van der Waals surface area contributed by atoms with Gasteiger partial charge in [-0.1, -0.05) is 0 Å². The maximum Gasteiger partial charge on any atom is 0.250 e. The van der Waals surface area contributed by atoms with E-state index in [1.165, 1.54) is 10.6 Å². The molecule has 5 nitrogen and oxygen atoms in total. The number of carbonyl (C=O) groups is 1. The molecule has 1 aromatic heterocycles. The average Bonchev–Trinajstić information content (AvgIpc) is 2.42. The lowest BCUT2D eigenvalue weighted by molar-refractivity contribution is -0.116. The molecule has 2 N–H and O–H groups in total. The molecule has 1 aliphatic rings. The van der Waals surface area contributed by atoms with Gasteiger partial charge in [0.2, 0.25) is 11.5 Å². The van der Waals surface area contributed by atoms with Crippen molar-refractivity contribution < 1.29 is 4.79 Å². The molecule has 0 bridgehead atoms. The molecule has 0 atom stereocenters. The summed E-state index contributed by atoms with van der Waals surface area (Å²) in [4.78, 5) is 23.1. The Hall–Kier alpha value is -1.62. The Bertz CT molecular complexity index is 490. The third-order valence-corrected chi connectivity index (χ3v) is 3.61. The maximum atomic E-state index is 11.8. The van der Waals surface area contributed by atoms with Gasteiger partial charge in [-0.05, 0) is 44.3 Å². The quantitative estimate of drug-likeness (QED) is 0.855. The molecule has 1 aliphatic heterocycles. The fourth-order valence-corrected chi connectivity index (χ4v) is 2.40.